The highest BCUT2D eigenvalue weighted by atomic mass is 32.1. The van der Waals surface area contributed by atoms with Gasteiger partial charge in [-0.2, -0.15) is 0 Å². The van der Waals surface area contributed by atoms with Gasteiger partial charge in [-0.15, -0.1) is 11.3 Å². The molecule has 15 nitrogen and oxygen atoms in total. The minimum atomic E-state index is -0.764. The van der Waals surface area contributed by atoms with Crippen LogP contribution in [-0.4, -0.2) is 92.7 Å². The summed E-state index contributed by atoms with van der Waals surface area (Å²) in [5.74, 6) is -0.457. The molecule has 1 aromatic carbocycles. The van der Waals surface area contributed by atoms with E-state index in [0.29, 0.717) is 30.9 Å². The van der Waals surface area contributed by atoms with E-state index in [1.54, 1.807) is 22.3 Å². The number of nitrogens with one attached hydrogen (secondary N) is 3. The van der Waals surface area contributed by atoms with Gasteiger partial charge in [0.1, 0.15) is 29.0 Å². The first-order chi connectivity index (χ1) is 29.4. The minimum absolute atomic E-state index is 0.0420. The molecule has 16 heteroatoms. The number of methoxy groups -OCH3 is 2. The fourth-order valence-corrected chi connectivity index (χ4v) is 10.4. The van der Waals surface area contributed by atoms with Gasteiger partial charge in [0.15, 0.2) is 5.76 Å². The number of nitrogens with zero attached hydrogens (tertiary/aromatic N) is 4. The Kier molecular flexibility index (Phi) is 12.7. The van der Waals surface area contributed by atoms with Crippen molar-refractivity contribution in [3.05, 3.63) is 70.3 Å². The van der Waals surface area contributed by atoms with E-state index >= 15 is 0 Å². The van der Waals surface area contributed by atoms with Crippen LogP contribution in [0.2, 0.25) is 0 Å². The number of amides is 3. The summed E-state index contributed by atoms with van der Waals surface area (Å²) in [7, 11) is 2.65. The van der Waals surface area contributed by atoms with Crippen molar-refractivity contribution in [1.29, 1.82) is 0 Å². The minimum Gasteiger partial charge on any atom is -0.469 e. The zero-order valence-corrected chi connectivity index (χ0v) is 38.1. The molecule has 4 aromatic heterocycles. The van der Waals surface area contributed by atoms with Gasteiger partial charge in [-0.25, -0.2) is 14.8 Å². The molecule has 332 valence electrons. The third-order valence-corrected chi connectivity index (χ3v) is 14.6. The van der Waals surface area contributed by atoms with Crippen LogP contribution in [-0.2, 0) is 29.3 Å². The molecule has 2 aliphatic rings. The quantitative estimate of drug-likeness (QED) is 0.0726. The summed E-state index contributed by atoms with van der Waals surface area (Å²) in [6.07, 6.45) is 5.77. The summed E-state index contributed by atoms with van der Waals surface area (Å²) in [5.41, 5.74) is 1.33. The standard InChI is InChI=1S/C46H59N7O8S/c1-23(2)37(25(5)26(6)44(57)59-9)42(55)52-15-11-14-31(52)41-48-22-35(50-41)46(7,8)36-19-28-17-27-18-33(61-32(27)20-34(28)62-36)39(54)29-21-47-40(49-29)30-13-12-16-53(30)43(56)38(24(3)4)51-45(58)60-10/h17-26,30-31,37-38H,11-16H2,1-10H3,(H,47,49)(H,48,50)(H,51,58). The normalized spacial score (nSPS) is 19.0. The maximum Gasteiger partial charge on any atom is 0.407 e. The summed E-state index contributed by atoms with van der Waals surface area (Å²) in [5, 5.41) is 4.46. The first-order valence-corrected chi connectivity index (χ1v) is 22.4. The van der Waals surface area contributed by atoms with E-state index in [9.17, 15) is 24.0 Å². The fourth-order valence-electron chi connectivity index (χ4n) is 9.23. The largest absolute Gasteiger partial charge is 0.469 e. The number of hydrogen-bond acceptors (Lipinski definition) is 11. The van der Waals surface area contributed by atoms with E-state index in [1.807, 2.05) is 64.8 Å². The zero-order valence-electron chi connectivity index (χ0n) is 37.3. The van der Waals surface area contributed by atoms with E-state index in [1.165, 1.54) is 20.4 Å². The Labute approximate surface area is 365 Å². The number of fused-ring (bicyclic) bond motifs is 2. The molecule has 7 rings (SSSR count). The van der Waals surface area contributed by atoms with Gasteiger partial charge in [0.25, 0.3) is 0 Å². The van der Waals surface area contributed by atoms with Gasteiger partial charge in [0.2, 0.25) is 17.6 Å². The lowest BCUT2D eigenvalue weighted by Crippen LogP contribution is -2.51. The number of alkyl carbamates (subject to hydrolysis) is 1. The molecule has 0 aliphatic carbocycles. The summed E-state index contributed by atoms with van der Waals surface area (Å²) < 4.78 is 16.9. The monoisotopic (exact) mass is 869 g/mol. The predicted octanol–water partition coefficient (Wildman–Crippen LogP) is 8.08. The van der Waals surface area contributed by atoms with Crippen molar-refractivity contribution in [2.75, 3.05) is 27.3 Å². The SMILES string of the molecule is COC(=O)NC(C(=O)N1CCCC1c1ncc(C(=O)c2cc3cc4cc(C(C)(C)c5cnc(C6CCCN6C(=O)C(C(C)C)C(C)C(C)C(=O)OC)[nH]5)sc4cc3o2)[nH]1)C(C)C. The topological polar surface area (TPSA) is 193 Å². The molecule has 5 aromatic rings. The van der Waals surface area contributed by atoms with E-state index in [2.05, 4.69) is 40.2 Å². The summed E-state index contributed by atoms with van der Waals surface area (Å²) >= 11 is 1.65. The maximum atomic E-state index is 14.2. The number of likely N-dealkylation sites (tertiary alicyclic amines) is 2. The summed E-state index contributed by atoms with van der Waals surface area (Å²) in [4.78, 5) is 86.8. The second-order valence-electron chi connectivity index (χ2n) is 18.1. The third kappa shape index (κ3) is 8.37. The number of esters is 1. The molecular formula is C46H59N7O8S. The highest BCUT2D eigenvalue weighted by Gasteiger charge is 2.42. The number of ketones is 1. The molecule has 0 bridgehead atoms. The number of thiophene rings is 1. The van der Waals surface area contributed by atoms with Gasteiger partial charge < -0.3 is 39.0 Å². The Bertz CT molecular complexity index is 2430. The van der Waals surface area contributed by atoms with Crippen molar-refractivity contribution < 1.29 is 37.9 Å². The number of aromatic nitrogens is 4. The van der Waals surface area contributed by atoms with Crippen LogP contribution in [0.15, 0.2) is 41.1 Å². The number of rotatable bonds is 14. The van der Waals surface area contributed by atoms with Crippen LogP contribution in [0.25, 0.3) is 21.1 Å². The van der Waals surface area contributed by atoms with Crippen LogP contribution in [0.1, 0.15) is 132 Å². The van der Waals surface area contributed by atoms with Gasteiger partial charge in [0, 0.05) is 51.3 Å². The van der Waals surface area contributed by atoms with Gasteiger partial charge in [-0.05, 0) is 86.9 Å². The van der Waals surface area contributed by atoms with Gasteiger partial charge in [0.05, 0.1) is 38.4 Å². The number of imidazole rings is 2. The highest BCUT2D eigenvalue weighted by Crippen LogP contribution is 2.42. The highest BCUT2D eigenvalue weighted by molar-refractivity contribution is 7.19. The Morgan fingerprint density at radius 3 is 2.10 bits per heavy atom. The molecule has 2 saturated heterocycles. The maximum absolute atomic E-state index is 14.2. The van der Waals surface area contributed by atoms with Gasteiger partial charge >= 0.3 is 12.1 Å². The molecule has 3 N–H and O–H groups in total. The Hall–Kier alpha value is -5.51. The van der Waals surface area contributed by atoms with Gasteiger partial charge in [-0.3, -0.25) is 19.2 Å². The second kappa shape index (κ2) is 17.7. The summed E-state index contributed by atoms with van der Waals surface area (Å²) in [6, 6.07) is 6.58. The third-order valence-electron chi connectivity index (χ3n) is 13.1. The van der Waals surface area contributed by atoms with Crippen LogP contribution in [0.3, 0.4) is 0 Å². The molecule has 0 spiro atoms. The van der Waals surface area contributed by atoms with Crippen molar-refractivity contribution >= 4 is 62.1 Å². The molecule has 0 radical (unpaired) electrons. The fraction of sp³-hybridized carbons (Fsp3) is 0.543. The molecule has 2 aliphatic heterocycles. The van der Waals surface area contributed by atoms with Crippen LogP contribution in [0, 0.1) is 29.6 Å². The molecule has 62 heavy (non-hydrogen) atoms. The van der Waals surface area contributed by atoms with Crippen molar-refractivity contribution in [3.63, 3.8) is 0 Å². The smallest absolute Gasteiger partial charge is 0.407 e. The van der Waals surface area contributed by atoms with Crippen LogP contribution in [0.5, 0.6) is 0 Å². The van der Waals surface area contributed by atoms with E-state index in [-0.39, 0.29) is 70.8 Å². The number of carbonyl (C=O) groups excluding carboxylic acids is 5. The molecular weight excluding hydrogens is 811 g/mol. The van der Waals surface area contributed by atoms with Crippen molar-refractivity contribution in [2.45, 2.75) is 105 Å². The van der Waals surface area contributed by atoms with Gasteiger partial charge in [-0.1, -0.05) is 41.5 Å². The number of furan rings is 1. The van der Waals surface area contributed by atoms with E-state index < -0.39 is 23.5 Å². The Balaban J connectivity index is 1.06. The number of hydrogen-bond donors (Lipinski definition) is 3. The molecule has 6 atom stereocenters. The average Bonchev–Trinajstić information content (AvgIpc) is 4.09. The van der Waals surface area contributed by atoms with Crippen molar-refractivity contribution in [2.24, 2.45) is 29.6 Å². The predicted molar refractivity (Wildman–Crippen MR) is 235 cm³/mol. The van der Waals surface area contributed by atoms with E-state index in [0.717, 1.165) is 51.1 Å². The lowest BCUT2D eigenvalue weighted by atomic mass is 9.76. The first-order valence-electron chi connectivity index (χ1n) is 21.6. The summed E-state index contributed by atoms with van der Waals surface area (Å²) in [6.45, 7) is 17.0. The van der Waals surface area contributed by atoms with Crippen LogP contribution < -0.4 is 5.32 Å². The molecule has 2 fully saturated rings. The molecule has 6 heterocycles. The second-order valence-corrected chi connectivity index (χ2v) is 19.2. The first kappa shape index (κ1) is 44.5. The van der Waals surface area contributed by atoms with Crippen LogP contribution >= 0.6 is 11.3 Å². The Morgan fingerprint density at radius 2 is 1.47 bits per heavy atom. The zero-order chi connectivity index (χ0) is 44.8. The average molecular weight is 870 g/mol. The number of benzene rings is 1. The number of carbonyl (C=O) groups is 5. The number of ether oxygens (including phenoxy) is 2. The van der Waals surface area contributed by atoms with Crippen molar-refractivity contribution in [3.8, 4) is 0 Å². The van der Waals surface area contributed by atoms with Crippen molar-refractivity contribution in [1.82, 2.24) is 35.1 Å². The molecule has 0 saturated carbocycles. The number of aromatic amines is 2. The van der Waals surface area contributed by atoms with Crippen LogP contribution in [0.4, 0.5) is 4.79 Å². The lowest BCUT2D eigenvalue weighted by Gasteiger charge is -2.34. The van der Waals surface area contributed by atoms with E-state index in [4.69, 9.17) is 18.9 Å². The lowest BCUT2D eigenvalue weighted by molar-refractivity contribution is -0.150. The molecule has 6 unspecified atom stereocenters. The molecule has 3 amide bonds. The Morgan fingerprint density at radius 1 is 0.823 bits per heavy atom. The number of H-pyrrole nitrogens is 2.